The molecule has 0 saturated heterocycles. The highest BCUT2D eigenvalue weighted by Crippen LogP contribution is 2.25. The summed E-state index contributed by atoms with van der Waals surface area (Å²) in [6.07, 6.45) is 2.78. The Balaban J connectivity index is 2.96. The molecule has 0 radical (unpaired) electrons. The summed E-state index contributed by atoms with van der Waals surface area (Å²) >= 11 is 0. The molecule has 1 heterocycles. The number of pyridine rings is 1. The highest BCUT2D eigenvalue weighted by molar-refractivity contribution is 5.72. The van der Waals surface area contributed by atoms with Gasteiger partial charge in [0, 0.05) is 18.3 Å². The number of aryl methyl sites for hydroxylation is 1. The zero-order valence-electron chi connectivity index (χ0n) is 8.88. The van der Waals surface area contributed by atoms with E-state index in [1.807, 2.05) is 0 Å². The zero-order chi connectivity index (χ0) is 12.1. The summed E-state index contributed by atoms with van der Waals surface area (Å²) in [5, 5.41) is 17.5. The van der Waals surface area contributed by atoms with Gasteiger partial charge in [0.05, 0.1) is 12.8 Å². The van der Waals surface area contributed by atoms with E-state index >= 15 is 0 Å². The molecule has 1 rings (SSSR count). The molecule has 1 aromatic rings. The van der Waals surface area contributed by atoms with Crippen molar-refractivity contribution in [2.45, 2.75) is 25.7 Å². The van der Waals surface area contributed by atoms with Gasteiger partial charge in [-0.05, 0) is 24.1 Å². The largest absolute Gasteiger partial charge is 0.481 e. The van der Waals surface area contributed by atoms with E-state index in [2.05, 4.69) is 4.98 Å². The molecule has 0 saturated carbocycles. The molecule has 2 N–H and O–H groups in total. The topological polar surface area (TPSA) is 87.5 Å². The standard InChI is InChI=1S/C11H13NO4/c1-7-6-12-3-2-9(7)8(4-10(13)14)5-11(15)16/h2-3,6,8H,4-5H2,1H3,(H,13,14)(H,15,16). The van der Waals surface area contributed by atoms with Gasteiger partial charge in [-0.2, -0.15) is 0 Å². The second-order valence-electron chi connectivity index (χ2n) is 3.62. The zero-order valence-corrected chi connectivity index (χ0v) is 8.88. The van der Waals surface area contributed by atoms with E-state index in [1.165, 1.54) is 0 Å². The van der Waals surface area contributed by atoms with Crippen LogP contribution >= 0.6 is 0 Å². The second kappa shape index (κ2) is 5.25. The Morgan fingerprint density at radius 2 is 1.88 bits per heavy atom. The molecule has 0 fully saturated rings. The van der Waals surface area contributed by atoms with E-state index in [9.17, 15) is 9.59 Å². The van der Waals surface area contributed by atoms with E-state index in [-0.39, 0.29) is 12.8 Å². The molecule has 0 aromatic carbocycles. The van der Waals surface area contributed by atoms with Crippen molar-refractivity contribution in [3.8, 4) is 0 Å². The van der Waals surface area contributed by atoms with Crippen molar-refractivity contribution in [2.24, 2.45) is 0 Å². The molecule has 0 aliphatic heterocycles. The average molecular weight is 223 g/mol. The molecule has 0 bridgehead atoms. The Bertz CT molecular complexity index is 387. The minimum Gasteiger partial charge on any atom is -0.481 e. The molecule has 5 nitrogen and oxygen atoms in total. The van der Waals surface area contributed by atoms with Crippen LogP contribution in [0.1, 0.15) is 29.9 Å². The van der Waals surface area contributed by atoms with Crippen LogP contribution in [0.5, 0.6) is 0 Å². The number of carboxylic acids is 2. The van der Waals surface area contributed by atoms with E-state index in [0.29, 0.717) is 0 Å². The molecule has 16 heavy (non-hydrogen) atoms. The Hall–Kier alpha value is -1.91. The monoisotopic (exact) mass is 223 g/mol. The molecule has 86 valence electrons. The van der Waals surface area contributed by atoms with E-state index in [1.54, 1.807) is 25.4 Å². The first-order valence-electron chi connectivity index (χ1n) is 4.84. The first-order chi connectivity index (χ1) is 7.50. The summed E-state index contributed by atoms with van der Waals surface area (Å²) in [5.74, 6) is -2.50. The maximum absolute atomic E-state index is 10.7. The highest BCUT2D eigenvalue weighted by atomic mass is 16.4. The Morgan fingerprint density at radius 1 is 1.31 bits per heavy atom. The van der Waals surface area contributed by atoms with Crippen LogP contribution in [0.25, 0.3) is 0 Å². The fourth-order valence-electron chi connectivity index (χ4n) is 1.66. The summed E-state index contributed by atoms with van der Waals surface area (Å²) in [7, 11) is 0. The smallest absolute Gasteiger partial charge is 0.303 e. The van der Waals surface area contributed by atoms with Gasteiger partial charge in [0.1, 0.15) is 0 Å². The predicted molar refractivity (Wildman–Crippen MR) is 56.2 cm³/mol. The summed E-state index contributed by atoms with van der Waals surface area (Å²) in [6, 6.07) is 1.67. The van der Waals surface area contributed by atoms with Gasteiger partial charge in [0.2, 0.25) is 0 Å². The van der Waals surface area contributed by atoms with Crippen molar-refractivity contribution in [1.82, 2.24) is 4.98 Å². The van der Waals surface area contributed by atoms with Crippen molar-refractivity contribution in [3.05, 3.63) is 29.6 Å². The minimum absolute atomic E-state index is 0.183. The van der Waals surface area contributed by atoms with Crippen LogP contribution in [0.3, 0.4) is 0 Å². The average Bonchev–Trinajstić information content (AvgIpc) is 2.15. The lowest BCUT2D eigenvalue weighted by atomic mass is 9.90. The van der Waals surface area contributed by atoms with Gasteiger partial charge in [0.25, 0.3) is 0 Å². The van der Waals surface area contributed by atoms with E-state index in [4.69, 9.17) is 10.2 Å². The molecule has 0 aliphatic carbocycles. The summed E-state index contributed by atoms with van der Waals surface area (Å²) in [4.78, 5) is 25.2. The Kier molecular flexibility index (Phi) is 3.99. The first kappa shape index (κ1) is 12.2. The van der Waals surface area contributed by atoms with E-state index < -0.39 is 17.9 Å². The maximum atomic E-state index is 10.7. The molecule has 0 unspecified atom stereocenters. The second-order valence-corrected chi connectivity index (χ2v) is 3.62. The van der Waals surface area contributed by atoms with Gasteiger partial charge >= 0.3 is 11.9 Å². The molecular formula is C11H13NO4. The van der Waals surface area contributed by atoms with Gasteiger partial charge in [-0.1, -0.05) is 0 Å². The third-order valence-electron chi connectivity index (χ3n) is 2.35. The van der Waals surface area contributed by atoms with Crippen molar-refractivity contribution in [1.29, 1.82) is 0 Å². The Morgan fingerprint density at radius 3 is 2.31 bits per heavy atom. The van der Waals surface area contributed by atoms with Gasteiger partial charge in [-0.3, -0.25) is 14.6 Å². The van der Waals surface area contributed by atoms with Gasteiger partial charge in [-0.25, -0.2) is 0 Å². The third kappa shape index (κ3) is 3.34. The maximum Gasteiger partial charge on any atom is 0.303 e. The number of aromatic nitrogens is 1. The van der Waals surface area contributed by atoms with Crippen LogP contribution in [0.4, 0.5) is 0 Å². The summed E-state index contributed by atoms with van der Waals surface area (Å²) < 4.78 is 0. The van der Waals surface area contributed by atoms with Crippen LogP contribution in [-0.2, 0) is 9.59 Å². The van der Waals surface area contributed by atoms with Crippen molar-refractivity contribution < 1.29 is 19.8 Å². The van der Waals surface area contributed by atoms with Crippen LogP contribution in [0, 0.1) is 6.92 Å². The van der Waals surface area contributed by atoms with Gasteiger partial charge in [-0.15, -0.1) is 0 Å². The fourth-order valence-corrected chi connectivity index (χ4v) is 1.66. The quantitative estimate of drug-likeness (QED) is 0.788. The molecule has 1 aromatic heterocycles. The van der Waals surface area contributed by atoms with Crippen molar-refractivity contribution >= 4 is 11.9 Å². The van der Waals surface area contributed by atoms with Crippen LogP contribution in [-0.4, -0.2) is 27.1 Å². The number of hydrogen-bond acceptors (Lipinski definition) is 3. The lowest BCUT2D eigenvalue weighted by Crippen LogP contribution is -2.12. The van der Waals surface area contributed by atoms with Crippen molar-refractivity contribution in [3.63, 3.8) is 0 Å². The SMILES string of the molecule is Cc1cnccc1C(CC(=O)O)CC(=O)O. The normalized spacial score (nSPS) is 10.4. The van der Waals surface area contributed by atoms with E-state index in [0.717, 1.165) is 11.1 Å². The molecule has 0 aliphatic rings. The third-order valence-corrected chi connectivity index (χ3v) is 2.35. The number of rotatable bonds is 5. The summed E-state index contributed by atoms with van der Waals surface area (Å²) in [6.45, 7) is 1.79. The molecular weight excluding hydrogens is 210 g/mol. The molecule has 0 amide bonds. The number of nitrogens with zero attached hydrogens (tertiary/aromatic N) is 1. The fraction of sp³-hybridized carbons (Fsp3) is 0.364. The number of carbonyl (C=O) groups is 2. The lowest BCUT2D eigenvalue weighted by molar-refractivity contribution is -0.139. The first-order valence-corrected chi connectivity index (χ1v) is 4.84. The van der Waals surface area contributed by atoms with Crippen molar-refractivity contribution in [2.75, 3.05) is 0 Å². The lowest BCUT2D eigenvalue weighted by Gasteiger charge is -2.14. The highest BCUT2D eigenvalue weighted by Gasteiger charge is 2.20. The number of aliphatic carboxylic acids is 2. The van der Waals surface area contributed by atoms with Crippen LogP contribution < -0.4 is 0 Å². The van der Waals surface area contributed by atoms with Crippen LogP contribution in [0.2, 0.25) is 0 Å². The molecule has 0 atom stereocenters. The Labute approximate surface area is 92.8 Å². The molecule has 0 spiro atoms. The van der Waals surface area contributed by atoms with Crippen LogP contribution in [0.15, 0.2) is 18.5 Å². The predicted octanol–water partition coefficient (Wildman–Crippen LogP) is 1.42. The van der Waals surface area contributed by atoms with Gasteiger partial charge in [0.15, 0.2) is 0 Å². The minimum atomic E-state index is -0.998. The number of hydrogen-bond donors (Lipinski definition) is 2. The number of carboxylic acid groups (broad SMARTS) is 2. The van der Waals surface area contributed by atoms with Gasteiger partial charge < -0.3 is 10.2 Å². The summed E-state index contributed by atoms with van der Waals surface area (Å²) in [5.41, 5.74) is 1.55. The molecule has 5 heteroatoms.